The van der Waals surface area contributed by atoms with E-state index in [9.17, 15) is 0 Å². The fourth-order valence-electron chi connectivity index (χ4n) is 2.76. The molecule has 5 nitrogen and oxygen atoms in total. The molecule has 3 heterocycles. The molecule has 0 unspecified atom stereocenters. The fraction of sp³-hybridized carbons (Fsp3) is 0.278. The number of H-pyrrole nitrogens is 1. The van der Waals surface area contributed by atoms with Crippen LogP contribution in [-0.4, -0.2) is 23.4 Å². The Morgan fingerprint density at radius 1 is 1.12 bits per heavy atom. The second-order valence-electron chi connectivity index (χ2n) is 5.67. The lowest BCUT2D eigenvalue weighted by Crippen LogP contribution is -2.13. The molecule has 1 aliphatic heterocycles. The van der Waals surface area contributed by atoms with E-state index in [1.54, 1.807) is 11.3 Å². The molecule has 1 fully saturated rings. The van der Waals surface area contributed by atoms with E-state index >= 15 is 0 Å². The van der Waals surface area contributed by atoms with Crippen molar-refractivity contribution in [3.05, 3.63) is 64.7 Å². The molecule has 0 saturated carbocycles. The first-order valence-electron chi connectivity index (χ1n) is 7.99. The van der Waals surface area contributed by atoms with E-state index in [1.807, 2.05) is 6.20 Å². The Bertz CT molecular complexity index is 762. The Morgan fingerprint density at radius 2 is 1.96 bits per heavy atom. The highest BCUT2D eigenvalue weighted by Gasteiger charge is 2.17. The number of benzene rings is 1. The SMILES string of the molecule is c1csc(-c2[nH]ncc2CNCc2ccc(C3OCCO3)cc2)c1. The van der Waals surface area contributed by atoms with Crippen LogP contribution in [0.3, 0.4) is 0 Å². The van der Waals surface area contributed by atoms with Crippen LogP contribution in [0.15, 0.2) is 48.0 Å². The molecular formula is C18H19N3O2S. The third kappa shape index (κ3) is 3.42. The predicted octanol–water partition coefficient (Wildman–Crippen LogP) is 3.47. The van der Waals surface area contributed by atoms with E-state index in [-0.39, 0.29) is 6.29 Å². The van der Waals surface area contributed by atoms with Crippen LogP contribution in [0.4, 0.5) is 0 Å². The predicted molar refractivity (Wildman–Crippen MR) is 93.5 cm³/mol. The summed E-state index contributed by atoms with van der Waals surface area (Å²) in [6.45, 7) is 2.93. The van der Waals surface area contributed by atoms with Gasteiger partial charge in [-0.2, -0.15) is 5.10 Å². The molecule has 4 rings (SSSR count). The summed E-state index contributed by atoms with van der Waals surface area (Å²) in [4.78, 5) is 1.21. The van der Waals surface area contributed by atoms with Gasteiger partial charge in [-0.3, -0.25) is 5.10 Å². The number of nitrogens with one attached hydrogen (secondary N) is 2. The van der Waals surface area contributed by atoms with Crippen LogP contribution >= 0.6 is 11.3 Å². The summed E-state index contributed by atoms with van der Waals surface area (Å²) in [5.74, 6) is 0. The Balaban J connectivity index is 1.34. The van der Waals surface area contributed by atoms with E-state index in [0.717, 1.165) is 24.3 Å². The summed E-state index contributed by atoms with van der Waals surface area (Å²) in [6, 6.07) is 12.5. The molecule has 0 radical (unpaired) electrons. The molecule has 0 bridgehead atoms. The molecule has 1 saturated heterocycles. The summed E-state index contributed by atoms with van der Waals surface area (Å²) in [7, 11) is 0. The van der Waals surface area contributed by atoms with Gasteiger partial charge in [-0.05, 0) is 17.0 Å². The summed E-state index contributed by atoms with van der Waals surface area (Å²) in [5, 5.41) is 12.8. The van der Waals surface area contributed by atoms with Crippen molar-refractivity contribution in [2.45, 2.75) is 19.4 Å². The zero-order chi connectivity index (χ0) is 16.2. The van der Waals surface area contributed by atoms with Crippen LogP contribution in [0, 0.1) is 0 Å². The van der Waals surface area contributed by atoms with Gasteiger partial charge in [0.1, 0.15) is 0 Å². The minimum atomic E-state index is -0.203. The second-order valence-corrected chi connectivity index (χ2v) is 6.61. The summed E-state index contributed by atoms with van der Waals surface area (Å²) in [5.41, 5.74) is 4.59. The lowest BCUT2D eigenvalue weighted by Gasteiger charge is -2.10. The lowest BCUT2D eigenvalue weighted by atomic mass is 10.1. The van der Waals surface area contributed by atoms with Gasteiger partial charge in [0.05, 0.1) is 30.0 Å². The van der Waals surface area contributed by atoms with Crippen LogP contribution in [-0.2, 0) is 22.6 Å². The second kappa shape index (κ2) is 7.27. The molecule has 3 aromatic rings. The number of thiophene rings is 1. The van der Waals surface area contributed by atoms with Crippen LogP contribution in [0.5, 0.6) is 0 Å². The maximum Gasteiger partial charge on any atom is 0.184 e. The van der Waals surface area contributed by atoms with Crippen molar-refractivity contribution in [1.82, 2.24) is 15.5 Å². The third-order valence-electron chi connectivity index (χ3n) is 4.00. The summed E-state index contributed by atoms with van der Waals surface area (Å²) in [6.07, 6.45) is 1.69. The minimum absolute atomic E-state index is 0.203. The Hall–Kier alpha value is -1.99. The van der Waals surface area contributed by atoms with Crippen molar-refractivity contribution in [2.75, 3.05) is 13.2 Å². The number of rotatable bonds is 6. The standard InChI is InChI=1S/C18H19N3O2S/c1-2-16(24-9-1)17-15(12-20-21-17)11-19-10-13-3-5-14(6-4-13)18-22-7-8-23-18/h1-6,9,12,18-19H,7-8,10-11H2,(H,20,21). The number of aromatic nitrogens is 2. The van der Waals surface area contributed by atoms with Gasteiger partial charge < -0.3 is 14.8 Å². The van der Waals surface area contributed by atoms with E-state index in [2.05, 4.69) is 57.3 Å². The van der Waals surface area contributed by atoms with E-state index in [1.165, 1.54) is 16.0 Å². The first-order chi connectivity index (χ1) is 11.9. The van der Waals surface area contributed by atoms with E-state index < -0.39 is 0 Å². The molecule has 0 aliphatic carbocycles. The van der Waals surface area contributed by atoms with Crippen molar-refractivity contribution < 1.29 is 9.47 Å². The zero-order valence-corrected chi connectivity index (χ0v) is 14.0. The molecule has 124 valence electrons. The highest BCUT2D eigenvalue weighted by molar-refractivity contribution is 7.13. The minimum Gasteiger partial charge on any atom is -0.346 e. The molecular weight excluding hydrogens is 322 g/mol. The third-order valence-corrected chi connectivity index (χ3v) is 4.89. The van der Waals surface area contributed by atoms with Gasteiger partial charge in [0.15, 0.2) is 6.29 Å². The van der Waals surface area contributed by atoms with Crippen molar-refractivity contribution >= 4 is 11.3 Å². The van der Waals surface area contributed by atoms with Crippen LogP contribution in [0.1, 0.15) is 23.0 Å². The number of aromatic amines is 1. The van der Waals surface area contributed by atoms with Gasteiger partial charge in [0, 0.05) is 24.2 Å². The Labute approximate surface area is 144 Å². The maximum atomic E-state index is 5.51. The molecule has 0 atom stereocenters. The highest BCUT2D eigenvalue weighted by Crippen LogP contribution is 2.26. The summed E-state index contributed by atoms with van der Waals surface area (Å²) < 4.78 is 11.0. The van der Waals surface area contributed by atoms with Gasteiger partial charge in [0.25, 0.3) is 0 Å². The van der Waals surface area contributed by atoms with Crippen molar-refractivity contribution in [3.63, 3.8) is 0 Å². The smallest absolute Gasteiger partial charge is 0.184 e. The van der Waals surface area contributed by atoms with Crippen molar-refractivity contribution in [2.24, 2.45) is 0 Å². The molecule has 6 heteroatoms. The molecule has 0 spiro atoms. The Kier molecular flexibility index (Phi) is 4.71. The molecule has 1 aromatic carbocycles. The van der Waals surface area contributed by atoms with Crippen molar-refractivity contribution in [3.8, 4) is 10.6 Å². The molecule has 1 aliphatic rings. The van der Waals surface area contributed by atoms with Crippen LogP contribution in [0.2, 0.25) is 0 Å². The molecule has 24 heavy (non-hydrogen) atoms. The monoisotopic (exact) mass is 341 g/mol. The van der Waals surface area contributed by atoms with Crippen molar-refractivity contribution in [1.29, 1.82) is 0 Å². The van der Waals surface area contributed by atoms with Gasteiger partial charge in [-0.15, -0.1) is 11.3 Å². The number of nitrogens with zero attached hydrogens (tertiary/aromatic N) is 1. The summed E-state index contributed by atoms with van der Waals surface area (Å²) >= 11 is 1.72. The topological polar surface area (TPSA) is 59.2 Å². The van der Waals surface area contributed by atoms with Gasteiger partial charge in [0.2, 0.25) is 0 Å². The average molecular weight is 341 g/mol. The largest absolute Gasteiger partial charge is 0.346 e. The Morgan fingerprint density at radius 3 is 2.71 bits per heavy atom. The fourth-order valence-corrected chi connectivity index (χ4v) is 3.52. The quantitative estimate of drug-likeness (QED) is 0.721. The molecule has 0 amide bonds. The van der Waals surface area contributed by atoms with Crippen LogP contribution < -0.4 is 5.32 Å². The maximum absolute atomic E-state index is 5.51. The number of hydrogen-bond donors (Lipinski definition) is 2. The van der Waals surface area contributed by atoms with Gasteiger partial charge in [-0.25, -0.2) is 0 Å². The van der Waals surface area contributed by atoms with E-state index in [4.69, 9.17) is 9.47 Å². The highest BCUT2D eigenvalue weighted by atomic mass is 32.1. The number of hydrogen-bond acceptors (Lipinski definition) is 5. The van der Waals surface area contributed by atoms with Gasteiger partial charge >= 0.3 is 0 Å². The van der Waals surface area contributed by atoms with Gasteiger partial charge in [-0.1, -0.05) is 30.3 Å². The first-order valence-corrected chi connectivity index (χ1v) is 8.87. The number of ether oxygens (including phenoxy) is 2. The van der Waals surface area contributed by atoms with E-state index in [0.29, 0.717) is 13.2 Å². The van der Waals surface area contributed by atoms with Crippen LogP contribution in [0.25, 0.3) is 10.6 Å². The average Bonchev–Trinajstić information content (AvgIpc) is 3.37. The zero-order valence-electron chi connectivity index (χ0n) is 13.2. The normalized spacial score (nSPS) is 15.2. The molecule has 2 aromatic heterocycles. The molecule has 2 N–H and O–H groups in total. The lowest BCUT2D eigenvalue weighted by molar-refractivity contribution is -0.0441. The first kappa shape index (κ1) is 15.5.